The first kappa shape index (κ1) is 32.0. The molecule has 0 aliphatic rings. The molecule has 0 saturated heterocycles. The van der Waals surface area contributed by atoms with E-state index in [2.05, 4.69) is 20.0 Å². The molecule has 4 aromatic rings. The summed E-state index contributed by atoms with van der Waals surface area (Å²) in [6, 6.07) is 14.8. The van der Waals surface area contributed by atoms with Crippen molar-refractivity contribution in [2.45, 2.75) is 12.9 Å². The van der Waals surface area contributed by atoms with Gasteiger partial charge in [-0.25, -0.2) is 9.78 Å². The minimum absolute atomic E-state index is 0.0190. The summed E-state index contributed by atoms with van der Waals surface area (Å²) in [6.07, 6.45) is 0.544. The van der Waals surface area contributed by atoms with Crippen LogP contribution in [-0.2, 0) is 20.8 Å². The Morgan fingerprint density at radius 2 is 1.60 bits per heavy atom. The maximum Gasteiger partial charge on any atom is 0.339 e. The van der Waals surface area contributed by atoms with Gasteiger partial charge in [-0.05, 0) is 30.3 Å². The molecule has 2 heterocycles. The molecule has 0 atom stereocenters. The van der Waals surface area contributed by atoms with E-state index in [-0.39, 0.29) is 33.8 Å². The number of benzene rings is 2. The van der Waals surface area contributed by atoms with Crippen LogP contribution in [0.25, 0.3) is 11.1 Å². The van der Waals surface area contributed by atoms with Crippen molar-refractivity contribution in [2.24, 2.45) is 0 Å². The maximum absolute atomic E-state index is 12.8. The van der Waals surface area contributed by atoms with Crippen molar-refractivity contribution in [3.05, 3.63) is 98.4 Å². The molecule has 0 fully saturated rings. The van der Waals surface area contributed by atoms with E-state index in [1.165, 1.54) is 46.8 Å². The fourth-order valence-corrected chi connectivity index (χ4v) is 4.84. The second kappa shape index (κ2) is 14.5. The van der Waals surface area contributed by atoms with Gasteiger partial charge in [0.1, 0.15) is 23.7 Å². The monoisotopic (exact) mass is 645 g/mol. The Bertz CT molecular complexity index is 1630. The van der Waals surface area contributed by atoms with Crippen molar-refractivity contribution in [2.75, 3.05) is 33.8 Å². The van der Waals surface area contributed by atoms with Crippen molar-refractivity contribution in [3.63, 3.8) is 0 Å². The van der Waals surface area contributed by atoms with Crippen LogP contribution in [-0.4, -0.2) is 50.3 Å². The number of carbonyl (C=O) groups is 2. The molecule has 0 unspecified atom stereocenters. The highest BCUT2D eigenvalue weighted by atomic mass is 35.5. The number of aromatic nitrogens is 2. The largest absolute Gasteiger partial charge is 0.486 e. The van der Waals surface area contributed by atoms with Crippen LogP contribution < -0.4 is 14.8 Å². The zero-order valence-electron chi connectivity index (χ0n) is 23.4. The van der Waals surface area contributed by atoms with E-state index in [9.17, 15) is 9.59 Å². The number of amides is 1. The second-order valence-electron chi connectivity index (χ2n) is 8.77. The molecule has 0 radical (unpaired) electrons. The van der Waals surface area contributed by atoms with E-state index in [0.29, 0.717) is 38.8 Å². The van der Waals surface area contributed by atoms with E-state index >= 15 is 0 Å². The highest BCUT2D eigenvalue weighted by molar-refractivity contribution is 6.39. The fourth-order valence-electron chi connectivity index (χ4n) is 4.07. The first-order valence-electron chi connectivity index (χ1n) is 12.6. The third-order valence-corrected chi connectivity index (χ3v) is 7.32. The Morgan fingerprint density at radius 3 is 2.23 bits per heavy atom. The first-order valence-corrected chi connectivity index (χ1v) is 13.7. The SMILES string of the molecule is COC(=O)c1ccc(C(=O)Nc2cccc(-c3cccc(OCc4nc(OC)c(C(OC)OC)cc4Cl)c3Cl)c2Cl)nc1. The van der Waals surface area contributed by atoms with Crippen LogP contribution in [0.1, 0.15) is 38.4 Å². The lowest BCUT2D eigenvalue weighted by Gasteiger charge is -2.18. The average Bonchev–Trinajstić information content (AvgIpc) is 3.02. The van der Waals surface area contributed by atoms with Crippen molar-refractivity contribution in [1.29, 1.82) is 0 Å². The van der Waals surface area contributed by atoms with Crippen LogP contribution in [0.15, 0.2) is 60.8 Å². The highest BCUT2D eigenvalue weighted by Gasteiger charge is 2.21. The summed E-state index contributed by atoms with van der Waals surface area (Å²) in [5.41, 5.74) is 2.68. The molecular formula is C30H26Cl3N3O7. The van der Waals surface area contributed by atoms with Gasteiger partial charge >= 0.3 is 5.97 Å². The third-order valence-electron chi connectivity index (χ3n) is 6.20. The van der Waals surface area contributed by atoms with Gasteiger partial charge < -0.3 is 29.0 Å². The number of carbonyl (C=O) groups excluding carboxylic acids is 2. The van der Waals surface area contributed by atoms with Gasteiger partial charge in [0.15, 0.2) is 6.29 Å². The molecule has 0 saturated carbocycles. The number of nitrogens with one attached hydrogen (secondary N) is 1. The molecule has 0 aliphatic heterocycles. The predicted molar refractivity (Wildman–Crippen MR) is 162 cm³/mol. The third kappa shape index (κ3) is 7.18. The summed E-state index contributed by atoms with van der Waals surface area (Å²) < 4.78 is 26.6. The normalized spacial score (nSPS) is 10.9. The van der Waals surface area contributed by atoms with Gasteiger partial charge in [0.05, 0.1) is 46.1 Å². The molecule has 1 N–H and O–H groups in total. The van der Waals surface area contributed by atoms with E-state index in [1.807, 2.05) is 0 Å². The lowest BCUT2D eigenvalue weighted by atomic mass is 10.0. The summed E-state index contributed by atoms with van der Waals surface area (Å²) in [5.74, 6) is -0.451. The molecule has 0 spiro atoms. The number of esters is 1. The van der Waals surface area contributed by atoms with Crippen LogP contribution >= 0.6 is 34.8 Å². The van der Waals surface area contributed by atoms with E-state index < -0.39 is 18.2 Å². The van der Waals surface area contributed by atoms with E-state index in [1.54, 1.807) is 42.5 Å². The fraction of sp³-hybridized carbons (Fsp3) is 0.200. The van der Waals surface area contributed by atoms with Crippen molar-refractivity contribution in [3.8, 4) is 22.8 Å². The van der Waals surface area contributed by atoms with Gasteiger partial charge in [0.2, 0.25) is 5.88 Å². The number of pyridine rings is 2. The number of methoxy groups -OCH3 is 4. The summed E-state index contributed by atoms with van der Waals surface area (Å²) in [5, 5.41) is 3.59. The summed E-state index contributed by atoms with van der Waals surface area (Å²) in [6.45, 7) is -0.0190. The van der Waals surface area contributed by atoms with Gasteiger partial charge in [-0.2, -0.15) is 0 Å². The van der Waals surface area contributed by atoms with Crippen LogP contribution in [0.3, 0.4) is 0 Å². The Hall–Kier alpha value is -3.93. The quantitative estimate of drug-likeness (QED) is 0.135. The molecular weight excluding hydrogens is 621 g/mol. The average molecular weight is 647 g/mol. The zero-order chi connectivity index (χ0) is 31.1. The number of anilines is 1. The van der Waals surface area contributed by atoms with Crippen LogP contribution in [0, 0.1) is 0 Å². The topological polar surface area (TPSA) is 118 Å². The number of hydrogen-bond acceptors (Lipinski definition) is 9. The molecule has 0 bridgehead atoms. The number of nitrogens with zero attached hydrogens (tertiary/aromatic N) is 2. The summed E-state index contributed by atoms with van der Waals surface area (Å²) >= 11 is 20.0. The van der Waals surface area contributed by atoms with Crippen LogP contribution in [0.5, 0.6) is 11.6 Å². The first-order chi connectivity index (χ1) is 20.7. The summed E-state index contributed by atoms with van der Waals surface area (Å²) in [7, 11) is 5.72. The van der Waals surface area contributed by atoms with Gasteiger partial charge in [0, 0.05) is 31.5 Å². The van der Waals surface area contributed by atoms with Crippen LogP contribution in [0.4, 0.5) is 5.69 Å². The Labute approximate surface area is 262 Å². The van der Waals surface area contributed by atoms with E-state index in [4.69, 9.17) is 53.8 Å². The lowest BCUT2D eigenvalue weighted by Crippen LogP contribution is -2.14. The predicted octanol–water partition coefficient (Wildman–Crippen LogP) is 7.02. The second-order valence-corrected chi connectivity index (χ2v) is 9.93. The molecule has 2 aromatic carbocycles. The van der Waals surface area contributed by atoms with Crippen molar-refractivity contribution in [1.82, 2.24) is 9.97 Å². The van der Waals surface area contributed by atoms with Gasteiger partial charge in [-0.15, -0.1) is 0 Å². The molecule has 0 aliphatic carbocycles. The molecule has 43 heavy (non-hydrogen) atoms. The number of hydrogen-bond donors (Lipinski definition) is 1. The minimum atomic E-state index is -0.713. The molecule has 10 nitrogen and oxygen atoms in total. The maximum atomic E-state index is 12.8. The number of rotatable bonds is 11. The molecule has 224 valence electrons. The minimum Gasteiger partial charge on any atom is -0.486 e. The Morgan fingerprint density at radius 1 is 0.907 bits per heavy atom. The zero-order valence-corrected chi connectivity index (χ0v) is 25.7. The molecule has 1 amide bonds. The van der Waals surface area contributed by atoms with E-state index in [0.717, 1.165) is 0 Å². The van der Waals surface area contributed by atoms with Gasteiger partial charge in [-0.1, -0.05) is 59.1 Å². The van der Waals surface area contributed by atoms with Crippen LogP contribution in [0.2, 0.25) is 15.1 Å². The standard InChI is InChI=1S/C30H26Cl3N3O7/c1-39-28-19(30(41-3)42-4)13-20(31)23(36-28)15-43-24-10-6-8-18(26(24)33)17-7-5-9-21(25(17)32)35-27(37)22-12-11-16(14-34-22)29(38)40-2/h5-14,30H,15H2,1-4H3,(H,35,37). The molecule has 13 heteroatoms. The smallest absolute Gasteiger partial charge is 0.339 e. The number of ether oxygens (including phenoxy) is 5. The Balaban J connectivity index is 1.55. The number of halogens is 3. The highest BCUT2D eigenvalue weighted by Crippen LogP contribution is 2.41. The molecule has 4 rings (SSSR count). The Kier molecular flexibility index (Phi) is 10.8. The van der Waals surface area contributed by atoms with Crippen molar-refractivity contribution >= 4 is 52.4 Å². The van der Waals surface area contributed by atoms with Crippen molar-refractivity contribution < 1.29 is 33.3 Å². The van der Waals surface area contributed by atoms with Gasteiger partial charge in [-0.3, -0.25) is 9.78 Å². The molecule has 2 aromatic heterocycles. The lowest BCUT2D eigenvalue weighted by molar-refractivity contribution is -0.107. The van der Waals surface area contributed by atoms with Gasteiger partial charge in [0.25, 0.3) is 5.91 Å². The summed E-state index contributed by atoms with van der Waals surface area (Å²) in [4.78, 5) is 33.0.